The summed E-state index contributed by atoms with van der Waals surface area (Å²) in [7, 11) is 0. The molecule has 0 aromatic heterocycles. The second-order valence-corrected chi connectivity index (χ2v) is 8.82. The highest BCUT2D eigenvalue weighted by Crippen LogP contribution is 2.26. The number of benzene rings is 2. The number of carbonyl (C=O) groups is 3. The van der Waals surface area contributed by atoms with Crippen LogP contribution in [0.4, 0.5) is 21.9 Å². The van der Waals surface area contributed by atoms with Gasteiger partial charge in [0.05, 0.1) is 22.9 Å². The lowest BCUT2D eigenvalue weighted by molar-refractivity contribution is -0.117. The van der Waals surface area contributed by atoms with Crippen LogP contribution in [-0.4, -0.2) is 53.9 Å². The summed E-state index contributed by atoms with van der Waals surface area (Å²) in [6, 6.07) is 10.4. The summed E-state index contributed by atoms with van der Waals surface area (Å²) in [5, 5.41) is 5.78. The number of nitrogens with two attached hydrogens (primary N) is 1. The van der Waals surface area contributed by atoms with Gasteiger partial charge in [0.1, 0.15) is 0 Å². The van der Waals surface area contributed by atoms with Crippen LogP contribution >= 0.6 is 36.2 Å². The molecule has 4 N–H and O–H groups in total. The molecular formula is C20H22ClN5O3S2. The number of thioether (sulfide) groups is 1. The Bertz CT molecular complexity index is 968. The first-order valence-electron chi connectivity index (χ1n) is 9.43. The van der Waals surface area contributed by atoms with Crippen molar-refractivity contribution in [3.63, 3.8) is 0 Å². The van der Waals surface area contributed by atoms with Crippen LogP contribution in [0.2, 0.25) is 5.02 Å². The topological polar surface area (TPSA) is 108 Å². The predicted octanol–water partition coefficient (Wildman–Crippen LogP) is 3.31. The van der Waals surface area contributed by atoms with Crippen molar-refractivity contribution in [2.75, 3.05) is 46.1 Å². The molecule has 1 fully saturated rings. The van der Waals surface area contributed by atoms with Gasteiger partial charge in [-0.15, -0.1) is 0 Å². The van der Waals surface area contributed by atoms with Crippen molar-refractivity contribution in [3.05, 3.63) is 53.1 Å². The maximum Gasteiger partial charge on any atom is 0.336 e. The van der Waals surface area contributed by atoms with Gasteiger partial charge in [0.15, 0.2) is 0 Å². The van der Waals surface area contributed by atoms with Crippen molar-refractivity contribution in [2.45, 2.75) is 0 Å². The van der Waals surface area contributed by atoms with Gasteiger partial charge in [0.2, 0.25) is 11.8 Å². The van der Waals surface area contributed by atoms with Gasteiger partial charge in [-0.1, -0.05) is 24.4 Å². The van der Waals surface area contributed by atoms with E-state index in [0.717, 1.165) is 28.9 Å². The first-order chi connectivity index (χ1) is 14.8. The molecule has 2 aromatic rings. The molecule has 4 amide bonds. The van der Waals surface area contributed by atoms with E-state index in [0.29, 0.717) is 34.2 Å². The van der Waals surface area contributed by atoms with Gasteiger partial charge in [0, 0.05) is 35.8 Å². The molecule has 0 unspecified atom stereocenters. The molecule has 2 aromatic carbocycles. The summed E-state index contributed by atoms with van der Waals surface area (Å²) < 4.78 is 1.09. The summed E-state index contributed by atoms with van der Waals surface area (Å²) in [5.74, 6) is 1.37. The molecule has 0 aliphatic carbocycles. The van der Waals surface area contributed by atoms with Gasteiger partial charge in [-0.2, -0.15) is 11.8 Å². The zero-order chi connectivity index (χ0) is 22.4. The fourth-order valence-electron chi connectivity index (χ4n) is 2.91. The molecule has 11 heteroatoms. The number of hydrogen-bond acceptors (Lipinski definition) is 6. The third-order valence-electron chi connectivity index (χ3n) is 4.55. The van der Waals surface area contributed by atoms with E-state index >= 15 is 0 Å². The Labute approximate surface area is 195 Å². The number of nitrogens with one attached hydrogen (secondary N) is 2. The highest BCUT2D eigenvalue weighted by molar-refractivity contribution is 7.99. The van der Waals surface area contributed by atoms with Crippen LogP contribution in [0.3, 0.4) is 0 Å². The van der Waals surface area contributed by atoms with Gasteiger partial charge in [0.25, 0.3) is 0 Å². The molecule has 1 aliphatic heterocycles. The highest BCUT2D eigenvalue weighted by Gasteiger charge is 2.16. The Kier molecular flexibility index (Phi) is 8.08. The molecule has 164 valence electrons. The van der Waals surface area contributed by atoms with E-state index in [2.05, 4.69) is 28.3 Å². The zero-order valence-electron chi connectivity index (χ0n) is 16.5. The van der Waals surface area contributed by atoms with Crippen LogP contribution in [0.15, 0.2) is 42.5 Å². The van der Waals surface area contributed by atoms with Crippen LogP contribution in [0.5, 0.6) is 0 Å². The second kappa shape index (κ2) is 10.8. The number of amides is 4. The van der Waals surface area contributed by atoms with Crippen molar-refractivity contribution in [3.8, 4) is 0 Å². The molecule has 1 heterocycles. The molecule has 0 saturated carbocycles. The third-order valence-corrected chi connectivity index (χ3v) is 6.22. The fourth-order valence-corrected chi connectivity index (χ4v) is 4.30. The van der Waals surface area contributed by atoms with E-state index in [1.807, 2.05) is 11.8 Å². The minimum atomic E-state index is -0.557. The maximum absolute atomic E-state index is 12.5. The minimum absolute atomic E-state index is 0.133. The quantitative estimate of drug-likeness (QED) is 0.475. The number of hydrogen-bond donors (Lipinski definition) is 4. The average Bonchev–Trinajstić information content (AvgIpc) is 2.76. The molecular weight excluding hydrogens is 458 g/mol. The number of urea groups is 1. The first kappa shape index (κ1) is 23.3. The Morgan fingerprint density at radius 3 is 2.39 bits per heavy atom. The van der Waals surface area contributed by atoms with Gasteiger partial charge in [-0.05, 0) is 42.5 Å². The summed E-state index contributed by atoms with van der Waals surface area (Å²) in [4.78, 5) is 38.0. The van der Waals surface area contributed by atoms with Gasteiger partial charge in [-0.25, -0.2) is 9.10 Å². The molecule has 0 spiro atoms. The number of carbonyl (C=O) groups excluding carboxylic acids is 3. The molecule has 0 bridgehead atoms. The number of nitrogens with zero attached hydrogens (tertiary/aromatic N) is 2. The SMILES string of the molecule is NC(=O)c1ccc(N(S)C(=O)Nc2ccc(NC(=O)CN3CCSCC3)c(Cl)c2)cc1. The Morgan fingerprint density at radius 2 is 1.77 bits per heavy atom. The van der Waals surface area contributed by atoms with E-state index in [1.165, 1.54) is 12.1 Å². The molecule has 31 heavy (non-hydrogen) atoms. The van der Waals surface area contributed by atoms with Crippen LogP contribution < -0.4 is 20.7 Å². The van der Waals surface area contributed by atoms with Crippen LogP contribution in [0.1, 0.15) is 10.4 Å². The second-order valence-electron chi connectivity index (χ2n) is 6.78. The molecule has 1 aliphatic rings. The normalized spacial score (nSPS) is 14.0. The van der Waals surface area contributed by atoms with E-state index in [-0.39, 0.29) is 5.91 Å². The number of primary amides is 1. The number of rotatable bonds is 6. The predicted molar refractivity (Wildman–Crippen MR) is 129 cm³/mol. The largest absolute Gasteiger partial charge is 0.366 e. The number of anilines is 3. The summed E-state index contributed by atoms with van der Waals surface area (Å²) in [6.07, 6.45) is 0. The number of halogens is 1. The highest BCUT2D eigenvalue weighted by atomic mass is 35.5. The van der Waals surface area contributed by atoms with E-state index in [4.69, 9.17) is 17.3 Å². The number of thiol groups is 1. The Morgan fingerprint density at radius 1 is 1.10 bits per heavy atom. The fraction of sp³-hybridized carbons (Fsp3) is 0.250. The third kappa shape index (κ3) is 6.54. The van der Waals surface area contributed by atoms with Crippen molar-refractivity contribution in [1.82, 2.24) is 4.90 Å². The lowest BCUT2D eigenvalue weighted by Crippen LogP contribution is -2.38. The average molecular weight is 480 g/mol. The van der Waals surface area contributed by atoms with Crippen LogP contribution in [0, 0.1) is 0 Å². The molecule has 0 radical (unpaired) electrons. The van der Waals surface area contributed by atoms with Crippen LogP contribution in [-0.2, 0) is 4.79 Å². The van der Waals surface area contributed by atoms with Crippen molar-refractivity contribution in [1.29, 1.82) is 0 Å². The zero-order valence-corrected chi connectivity index (χ0v) is 19.0. The molecule has 8 nitrogen and oxygen atoms in total. The maximum atomic E-state index is 12.5. The summed E-state index contributed by atoms with van der Waals surface area (Å²) in [6.45, 7) is 2.10. The molecule has 3 rings (SSSR count). The van der Waals surface area contributed by atoms with E-state index < -0.39 is 11.9 Å². The van der Waals surface area contributed by atoms with E-state index in [9.17, 15) is 14.4 Å². The molecule has 0 atom stereocenters. The van der Waals surface area contributed by atoms with Crippen molar-refractivity contribution in [2.24, 2.45) is 5.73 Å². The monoisotopic (exact) mass is 479 g/mol. The summed E-state index contributed by atoms with van der Waals surface area (Å²) in [5.41, 5.74) is 6.91. The van der Waals surface area contributed by atoms with Gasteiger partial charge >= 0.3 is 6.03 Å². The van der Waals surface area contributed by atoms with Crippen LogP contribution in [0.25, 0.3) is 0 Å². The Balaban J connectivity index is 1.58. The standard InChI is InChI=1S/C20H22ClN5O3S2/c21-16-11-14(3-6-17(16)24-18(27)12-25-7-9-31-10-8-25)23-20(29)26(30)15-4-1-13(2-5-15)19(22)28/h1-6,11,30H,7-10,12H2,(H2,22,28)(H,23,29)(H,24,27). The smallest absolute Gasteiger partial charge is 0.336 e. The lowest BCUT2D eigenvalue weighted by Gasteiger charge is -2.25. The van der Waals surface area contributed by atoms with E-state index in [1.54, 1.807) is 30.3 Å². The first-order valence-corrected chi connectivity index (χ1v) is 11.4. The summed E-state index contributed by atoms with van der Waals surface area (Å²) >= 11 is 12.4. The van der Waals surface area contributed by atoms with Gasteiger partial charge in [-0.3, -0.25) is 14.5 Å². The molecule has 1 saturated heterocycles. The minimum Gasteiger partial charge on any atom is -0.366 e. The van der Waals surface area contributed by atoms with Crippen molar-refractivity contribution >= 4 is 71.1 Å². The van der Waals surface area contributed by atoms with Gasteiger partial charge < -0.3 is 16.4 Å². The lowest BCUT2D eigenvalue weighted by atomic mass is 10.2. The van der Waals surface area contributed by atoms with Crippen molar-refractivity contribution < 1.29 is 14.4 Å². The Hall–Kier alpha value is -2.40.